The smallest absolute Gasteiger partial charge is 0.0468 e. The average Bonchev–Trinajstić information content (AvgIpc) is 2.82. The Hall–Kier alpha value is -0.380. The summed E-state index contributed by atoms with van der Waals surface area (Å²) in [5.41, 5.74) is 0. The molecule has 0 aromatic carbocycles. The molecule has 1 aromatic rings. The lowest BCUT2D eigenvalue weighted by molar-refractivity contribution is 0.0396. The fraction of sp³-hybridized carbons (Fsp3) is 0.750. The van der Waals surface area contributed by atoms with E-state index in [1.807, 2.05) is 11.3 Å². The summed E-state index contributed by atoms with van der Waals surface area (Å²) >= 11 is 1.91. The van der Waals surface area contributed by atoms with Gasteiger partial charge in [-0.05, 0) is 30.2 Å². The highest BCUT2D eigenvalue weighted by Gasteiger charge is 2.35. The molecule has 0 amide bonds. The number of rotatable bonds is 4. The van der Waals surface area contributed by atoms with Crippen LogP contribution >= 0.6 is 11.3 Å². The van der Waals surface area contributed by atoms with E-state index in [0.717, 1.165) is 13.1 Å². The van der Waals surface area contributed by atoms with Crippen molar-refractivity contribution in [1.29, 1.82) is 0 Å². The molecule has 0 spiro atoms. The molecule has 1 aliphatic rings. The van der Waals surface area contributed by atoms with Gasteiger partial charge in [-0.2, -0.15) is 0 Å². The fourth-order valence-corrected chi connectivity index (χ4v) is 4.25. The predicted molar refractivity (Wildman–Crippen MR) is 84.7 cm³/mol. The molecular weight excluding hydrogens is 252 g/mol. The average molecular weight is 280 g/mol. The Morgan fingerprint density at radius 1 is 1.32 bits per heavy atom. The van der Waals surface area contributed by atoms with Crippen LogP contribution in [-0.4, -0.2) is 30.1 Å². The van der Waals surface area contributed by atoms with Crippen LogP contribution in [-0.2, 0) is 0 Å². The lowest BCUT2D eigenvalue weighted by Crippen LogP contribution is -2.58. The highest BCUT2D eigenvalue weighted by atomic mass is 32.1. The van der Waals surface area contributed by atoms with Gasteiger partial charge in [0.25, 0.3) is 0 Å². The van der Waals surface area contributed by atoms with Crippen molar-refractivity contribution in [2.75, 3.05) is 13.1 Å². The van der Waals surface area contributed by atoms with E-state index in [0.29, 0.717) is 30.0 Å². The molecule has 3 unspecified atom stereocenters. The second kappa shape index (κ2) is 6.38. The molecule has 0 bridgehead atoms. The zero-order valence-electron chi connectivity index (χ0n) is 12.9. The first-order valence-corrected chi connectivity index (χ1v) is 8.41. The summed E-state index contributed by atoms with van der Waals surface area (Å²) in [4.78, 5) is 4.28. The van der Waals surface area contributed by atoms with Crippen LogP contribution in [0.2, 0.25) is 0 Å². The molecule has 1 aliphatic heterocycles. The topological polar surface area (TPSA) is 15.3 Å². The van der Waals surface area contributed by atoms with Crippen LogP contribution in [0, 0.1) is 11.8 Å². The van der Waals surface area contributed by atoms with Crippen LogP contribution in [0.25, 0.3) is 0 Å². The molecule has 2 nitrogen and oxygen atoms in total. The van der Waals surface area contributed by atoms with Crippen molar-refractivity contribution in [1.82, 2.24) is 10.2 Å². The maximum Gasteiger partial charge on any atom is 0.0468 e. The van der Waals surface area contributed by atoms with Crippen molar-refractivity contribution in [2.24, 2.45) is 11.8 Å². The molecule has 2 heterocycles. The molecule has 19 heavy (non-hydrogen) atoms. The third-order valence-corrected chi connectivity index (χ3v) is 5.12. The van der Waals surface area contributed by atoms with Crippen LogP contribution in [0.5, 0.6) is 0 Å². The van der Waals surface area contributed by atoms with Gasteiger partial charge in [0.15, 0.2) is 0 Å². The summed E-state index contributed by atoms with van der Waals surface area (Å²) in [6.45, 7) is 14.0. The minimum absolute atomic E-state index is 0.567. The quantitative estimate of drug-likeness (QED) is 0.903. The highest BCUT2D eigenvalue weighted by Crippen LogP contribution is 2.35. The number of piperazine rings is 1. The minimum Gasteiger partial charge on any atom is -0.311 e. The van der Waals surface area contributed by atoms with E-state index in [1.165, 1.54) is 4.88 Å². The van der Waals surface area contributed by atoms with Crippen molar-refractivity contribution >= 4 is 11.3 Å². The highest BCUT2D eigenvalue weighted by molar-refractivity contribution is 7.10. The number of nitrogens with zero attached hydrogens (tertiary/aromatic N) is 1. The largest absolute Gasteiger partial charge is 0.311 e. The summed E-state index contributed by atoms with van der Waals surface area (Å²) in [6.07, 6.45) is 0. The van der Waals surface area contributed by atoms with E-state index < -0.39 is 0 Å². The molecule has 1 N–H and O–H groups in total. The Labute approximate surface area is 122 Å². The van der Waals surface area contributed by atoms with Gasteiger partial charge in [0.2, 0.25) is 0 Å². The third-order valence-electron chi connectivity index (χ3n) is 4.18. The molecule has 108 valence electrons. The van der Waals surface area contributed by atoms with Gasteiger partial charge in [-0.3, -0.25) is 4.90 Å². The van der Waals surface area contributed by atoms with Crippen LogP contribution in [0.4, 0.5) is 0 Å². The molecular formula is C16H28N2S. The Morgan fingerprint density at radius 3 is 2.58 bits per heavy atom. The van der Waals surface area contributed by atoms with Crippen molar-refractivity contribution in [3.63, 3.8) is 0 Å². The molecule has 0 saturated carbocycles. The monoisotopic (exact) mass is 280 g/mol. The maximum atomic E-state index is 3.64. The maximum absolute atomic E-state index is 3.64. The molecule has 3 heteroatoms. The van der Waals surface area contributed by atoms with Gasteiger partial charge in [0.05, 0.1) is 0 Å². The molecule has 1 aromatic heterocycles. The molecule has 0 radical (unpaired) electrons. The lowest BCUT2D eigenvalue weighted by atomic mass is 9.92. The first kappa shape index (κ1) is 15.0. The number of hydrogen-bond donors (Lipinski definition) is 1. The Balaban J connectivity index is 2.27. The van der Waals surface area contributed by atoms with Crippen molar-refractivity contribution in [3.05, 3.63) is 22.4 Å². The minimum atomic E-state index is 0.567. The molecule has 2 rings (SSSR count). The van der Waals surface area contributed by atoms with E-state index in [-0.39, 0.29) is 0 Å². The summed E-state index contributed by atoms with van der Waals surface area (Å²) in [7, 11) is 0. The van der Waals surface area contributed by atoms with Crippen molar-refractivity contribution < 1.29 is 0 Å². The zero-order chi connectivity index (χ0) is 14.0. The van der Waals surface area contributed by atoms with Gasteiger partial charge in [0, 0.05) is 36.1 Å². The van der Waals surface area contributed by atoms with Gasteiger partial charge >= 0.3 is 0 Å². The molecule has 1 fully saturated rings. The number of nitrogens with one attached hydrogen (secondary N) is 1. The van der Waals surface area contributed by atoms with Crippen LogP contribution in [0.1, 0.15) is 45.5 Å². The second-order valence-electron chi connectivity index (χ2n) is 6.52. The molecule has 3 atom stereocenters. The summed E-state index contributed by atoms with van der Waals surface area (Å²) < 4.78 is 0. The lowest BCUT2D eigenvalue weighted by Gasteiger charge is -2.47. The van der Waals surface area contributed by atoms with Crippen LogP contribution in [0.3, 0.4) is 0 Å². The second-order valence-corrected chi connectivity index (χ2v) is 7.50. The van der Waals surface area contributed by atoms with Crippen molar-refractivity contribution in [3.8, 4) is 0 Å². The molecule has 1 saturated heterocycles. The van der Waals surface area contributed by atoms with Gasteiger partial charge in [-0.15, -0.1) is 11.3 Å². The van der Waals surface area contributed by atoms with Crippen LogP contribution < -0.4 is 5.32 Å². The van der Waals surface area contributed by atoms with E-state index in [9.17, 15) is 0 Å². The summed E-state index contributed by atoms with van der Waals surface area (Å²) in [6, 6.07) is 6.30. The normalized spacial score (nSPS) is 27.1. The summed E-state index contributed by atoms with van der Waals surface area (Å²) in [5.74, 6) is 1.35. The number of thiophene rings is 1. The van der Waals surface area contributed by atoms with Gasteiger partial charge in [0.1, 0.15) is 0 Å². The van der Waals surface area contributed by atoms with E-state index in [1.54, 1.807) is 0 Å². The van der Waals surface area contributed by atoms with Crippen molar-refractivity contribution in [2.45, 2.75) is 52.7 Å². The van der Waals surface area contributed by atoms with Gasteiger partial charge in [-0.25, -0.2) is 0 Å². The Bertz CT molecular complexity index is 372. The fourth-order valence-electron chi connectivity index (χ4n) is 3.23. The standard InChI is InChI=1S/C16H28N2S/c1-11(2)14-9-17-13(5)10-18(14)16(12(3)4)15-7-6-8-19-15/h6-8,11-14,16-17H,9-10H2,1-5H3. The number of hydrogen-bond acceptors (Lipinski definition) is 3. The third kappa shape index (κ3) is 3.39. The van der Waals surface area contributed by atoms with Gasteiger partial charge < -0.3 is 5.32 Å². The Morgan fingerprint density at radius 2 is 2.05 bits per heavy atom. The summed E-state index contributed by atoms with van der Waals surface area (Å²) in [5, 5.41) is 5.85. The SMILES string of the molecule is CC1CN(C(c2cccs2)C(C)C)C(C(C)C)CN1. The molecule has 0 aliphatic carbocycles. The van der Waals surface area contributed by atoms with Crippen LogP contribution in [0.15, 0.2) is 17.5 Å². The first-order valence-electron chi connectivity index (χ1n) is 7.53. The van der Waals surface area contributed by atoms with E-state index >= 15 is 0 Å². The predicted octanol–water partition coefficient (Wildman–Crippen LogP) is 3.76. The zero-order valence-corrected chi connectivity index (χ0v) is 13.7. The van der Waals surface area contributed by atoms with E-state index in [2.05, 4.69) is 62.3 Å². The first-order chi connectivity index (χ1) is 9.00. The Kier molecular flexibility index (Phi) is 5.04. The van der Waals surface area contributed by atoms with Gasteiger partial charge in [-0.1, -0.05) is 33.8 Å². The van der Waals surface area contributed by atoms with E-state index in [4.69, 9.17) is 0 Å².